The van der Waals surface area contributed by atoms with Gasteiger partial charge in [0.1, 0.15) is 0 Å². The number of halogens is 2. The number of esters is 4. The average Bonchev–Trinajstić information content (AvgIpc) is 1.69. The van der Waals surface area contributed by atoms with Crippen LogP contribution in [0.3, 0.4) is 0 Å². The van der Waals surface area contributed by atoms with Gasteiger partial charge in [-0.1, -0.05) is 222 Å². The number of carboxylic acid groups (broad SMARTS) is 1. The van der Waals surface area contributed by atoms with Gasteiger partial charge in [-0.2, -0.15) is 0 Å². The van der Waals surface area contributed by atoms with Crippen LogP contribution in [0.25, 0.3) is 54.5 Å². The molecule has 2 saturated carbocycles. The number of rotatable bonds is 24. The van der Waals surface area contributed by atoms with Crippen LogP contribution in [0, 0.1) is 0 Å². The van der Waals surface area contributed by atoms with Gasteiger partial charge < -0.3 is 35.3 Å². The predicted molar refractivity (Wildman–Crippen MR) is 491 cm³/mol. The van der Waals surface area contributed by atoms with Gasteiger partial charge in [-0.05, 0) is 242 Å². The molecule has 0 spiro atoms. The monoisotopic (exact) mass is 1780 g/mol. The zero-order chi connectivity index (χ0) is 84.8. The van der Waals surface area contributed by atoms with Gasteiger partial charge in [0.15, 0.2) is 0 Å². The molecule has 4 N–H and O–H groups in total. The van der Waals surface area contributed by atoms with Crippen molar-refractivity contribution in [2.45, 2.75) is 123 Å². The van der Waals surface area contributed by atoms with Crippen LogP contribution in [0.5, 0.6) is 0 Å². The van der Waals surface area contributed by atoms with Crippen LogP contribution < -0.4 is 35.3 Å². The summed E-state index contributed by atoms with van der Waals surface area (Å²) in [5, 5.41) is 13.9. The van der Waals surface area contributed by atoms with Crippen molar-refractivity contribution in [1.29, 1.82) is 0 Å². The molecule has 17 nitrogen and oxygen atoms in total. The first-order valence-corrected chi connectivity index (χ1v) is 42.8. The summed E-state index contributed by atoms with van der Waals surface area (Å²) in [5.74, 6) is -1.02. The van der Waals surface area contributed by atoms with Gasteiger partial charge in [0.05, 0.1) is 81.8 Å². The number of nitrogens with zero attached hydrogens (tertiary/aromatic N) is 5. The maximum absolute atomic E-state index is 12.0. The maximum Gasteiger partial charge on any atom is 1.00 e. The fourth-order valence-corrected chi connectivity index (χ4v) is 15.2. The number of carboxylic acids is 1. The van der Waals surface area contributed by atoms with Gasteiger partial charge in [0.2, 0.25) is 0 Å². The van der Waals surface area contributed by atoms with Crippen LogP contribution in [0.15, 0.2) is 295 Å². The first-order chi connectivity index (χ1) is 59.1. The van der Waals surface area contributed by atoms with Crippen LogP contribution in [-0.2, 0) is 76.9 Å². The van der Waals surface area contributed by atoms with Gasteiger partial charge in [-0.15, -0.1) is 0 Å². The molecule has 0 amide bonds. The van der Waals surface area contributed by atoms with Gasteiger partial charge in [-0.25, -0.2) is 24.0 Å². The van der Waals surface area contributed by atoms with E-state index < -0.39 is 5.97 Å². The Morgan fingerprint density at radius 3 is 1.02 bits per heavy atom. The Hall–Kier alpha value is -11.5. The Bertz CT molecular complexity index is 6030. The van der Waals surface area contributed by atoms with Crippen LogP contribution in [0.4, 0.5) is 0 Å². The Kier molecular flexibility index (Phi) is 36.4. The van der Waals surface area contributed by atoms with E-state index >= 15 is 0 Å². The molecule has 10 aromatic carbocycles. The molecule has 15 aromatic rings. The average molecular weight is 1780 g/mol. The topological polar surface area (TPSA) is 263 Å². The number of hydrogen-bond acceptors (Lipinski definition) is 16. The zero-order valence-corrected chi connectivity index (χ0v) is 75.1. The van der Waals surface area contributed by atoms with Gasteiger partial charge in [0.25, 0.3) is 0 Å². The Morgan fingerprint density at radius 1 is 0.341 bits per heavy atom. The number of aromatic nitrogens is 5. The fraction of sp³-hybridized carbons (Fsp3) is 0.223. The quantitative estimate of drug-likeness (QED) is 0.0323. The molecular formula is C103H99Br2N6NaO11. The summed E-state index contributed by atoms with van der Waals surface area (Å²) in [7, 11) is 0. The van der Waals surface area contributed by atoms with E-state index in [0.717, 1.165) is 115 Å². The minimum atomic E-state index is -0.925. The zero-order valence-electron chi connectivity index (χ0n) is 69.9. The van der Waals surface area contributed by atoms with Crippen molar-refractivity contribution in [3.8, 4) is 0 Å². The first-order valence-electron chi connectivity index (χ1n) is 41.2. The second-order valence-corrected chi connectivity index (χ2v) is 31.1. The third kappa shape index (κ3) is 27.2. The molecule has 0 aliphatic heterocycles. The number of hydrogen-bond donors (Lipinski definition) is 2. The molecular weight excluding hydrogens is 1680 g/mol. The summed E-state index contributed by atoms with van der Waals surface area (Å²) in [6, 6.07) is 85.6. The fourth-order valence-electron chi connectivity index (χ4n) is 14.2. The van der Waals surface area contributed by atoms with Crippen LogP contribution in [0.1, 0.15) is 178 Å². The van der Waals surface area contributed by atoms with E-state index in [9.17, 15) is 24.0 Å². The second kappa shape index (κ2) is 47.8. The van der Waals surface area contributed by atoms with Gasteiger partial charge >= 0.3 is 59.4 Å². The molecule has 622 valence electrons. The molecule has 2 aliphatic carbocycles. The van der Waals surface area contributed by atoms with E-state index in [4.69, 9.17) is 29.8 Å². The van der Waals surface area contributed by atoms with E-state index in [1.807, 2.05) is 110 Å². The number of aromatic carboxylic acids is 1. The molecule has 20 heteroatoms. The smallest absolute Gasteiger partial charge is 0.870 e. The molecule has 123 heavy (non-hydrogen) atoms. The van der Waals surface area contributed by atoms with Crippen molar-refractivity contribution in [2.24, 2.45) is 5.73 Å². The Labute approximate surface area is 757 Å². The normalized spacial score (nSPS) is 11.7. The van der Waals surface area contributed by atoms with Crippen molar-refractivity contribution in [3.05, 3.63) is 384 Å². The summed E-state index contributed by atoms with van der Waals surface area (Å²) in [5.41, 5.74) is 26.7. The molecule has 0 bridgehead atoms. The number of nitrogens with two attached hydrogens (primary N) is 1. The number of aryl methyl sites for hydroxylation is 8. The van der Waals surface area contributed by atoms with Crippen molar-refractivity contribution in [3.63, 3.8) is 0 Å². The number of benzene rings is 10. The van der Waals surface area contributed by atoms with Crippen LogP contribution in [-0.4, -0.2) is 91.8 Å². The number of fused-ring (bicyclic) bond motifs is 5. The minimum absolute atomic E-state index is 0. The number of carbonyl (C=O) groups is 5. The van der Waals surface area contributed by atoms with Crippen molar-refractivity contribution in [1.82, 2.24) is 24.9 Å². The van der Waals surface area contributed by atoms with E-state index in [2.05, 4.69) is 196 Å². The molecule has 2 aliphatic rings. The summed E-state index contributed by atoms with van der Waals surface area (Å²) in [4.78, 5) is 80.4. The predicted octanol–water partition coefficient (Wildman–Crippen LogP) is 20.0. The first kappa shape index (κ1) is 93.7. The molecule has 17 rings (SSSR count). The van der Waals surface area contributed by atoms with Crippen molar-refractivity contribution >= 4 is 116 Å². The summed E-state index contributed by atoms with van der Waals surface area (Å²) in [6.07, 6.45) is 20.7. The number of pyridine rings is 5. The summed E-state index contributed by atoms with van der Waals surface area (Å²) >= 11 is 7.04. The molecule has 0 saturated heterocycles. The Balaban J connectivity index is 0.000000158. The Morgan fingerprint density at radius 2 is 0.642 bits per heavy atom. The minimum Gasteiger partial charge on any atom is -0.870 e. The summed E-state index contributed by atoms with van der Waals surface area (Å²) < 4.78 is 22.0. The third-order valence-corrected chi connectivity index (χ3v) is 22.1. The van der Waals surface area contributed by atoms with E-state index in [0.29, 0.717) is 67.1 Å². The molecule has 5 aromatic heterocycles. The van der Waals surface area contributed by atoms with E-state index in [-0.39, 0.29) is 64.5 Å². The van der Waals surface area contributed by atoms with Crippen LogP contribution >= 0.6 is 31.9 Å². The maximum atomic E-state index is 12.0. The van der Waals surface area contributed by atoms with Gasteiger partial charge in [0, 0.05) is 73.4 Å². The SMILES string of the molecule is CCOC(=O)c1cnc2c(Br)c(CCc3ccccc3)ccc2c1.CCOC(=O)c1cnc2c(C3CC3)c(CCc3ccccc3)ccc2c1.CCOC(=O)c1cnc2cc(Br)ccc2c1.CCOC(=O)c1cnc2cc(CCc3ccccc3)ccc2c1.NCc1ccccc1.O=C(O)c1cnc2c(C3CC3)c(CCc3ccccc3)ccc2c1.[Na+].[OH-]. The van der Waals surface area contributed by atoms with E-state index in [1.165, 1.54) is 99.3 Å². The molecule has 5 heterocycles. The molecule has 0 atom stereocenters. The molecule has 0 unspecified atom stereocenters. The van der Waals surface area contributed by atoms with E-state index in [1.54, 1.807) is 51.5 Å². The number of ether oxygens (including phenoxy) is 4. The largest absolute Gasteiger partial charge is 1.00 e. The van der Waals surface area contributed by atoms with Crippen molar-refractivity contribution in [2.75, 3.05) is 26.4 Å². The van der Waals surface area contributed by atoms with Gasteiger partial charge in [-0.3, -0.25) is 24.9 Å². The van der Waals surface area contributed by atoms with Crippen molar-refractivity contribution < 1.29 is 83.1 Å². The third-order valence-electron chi connectivity index (χ3n) is 20.7. The van der Waals surface area contributed by atoms with Crippen LogP contribution in [0.2, 0.25) is 0 Å². The second-order valence-electron chi connectivity index (χ2n) is 29.4. The summed E-state index contributed by atoms with van der Waals surface area (Å²) in [6.45, 7) is 9.31. The number of carbonyl (C=O) groups excluding carboxylic acids is 4. The standard InChI is InChI=1S/C23H23NO2.C21H19NO2.C20H18BrNO2.C20H19NO2.C12H10BrNO2.C7H9N.Na.H2O/c1-2-26-23(25)20-14-19-13-12-17(9-8-16-6-4-3-5-7-16)21(18-10-11-18)22(19)24-15-20;23-21(24)18-12-17-11-10-15(7-6-14-4-2-1-3-5-14)19(16-8-9-16)20(17)22-13-18;1-2-24-20(23)17-12-16-11-10-15(18(21)19(16)22-13-17)9-8-14-6-4-3-5-7-14;1-2-23-20(22)18-13-17-11-10-16(12-19(17)21-14-18)9-8-15-6-4-3-5-7-15;1-2-16-12(15)9-5-8-3-4-10(13)6-11(8)14-7-9;8-6-7-4-2-1-3-5-7;;/h3-7,12-15,18H,2,8-11H2,1H3;1-5,10-13,16H,6-9H2,(H,23,24);3-7,10-13H,2,8-9H2,1H3;3-7,10-14H,2,8-9H2,1H3;3-7H,2H2,1H3;1-5H,6,8H2;;1H2/q;;;;;;+1;/p-1. The molecule has 2 fully saturated rings. The molecule has 0 radical (unpaired) electrons.